The van der Waals surface area contributed by atoms with Crippen LogP contribution in [0.25, 0.3) is 0 Å². The van der Waals surface area contributed by atoms with Crippen LogP contribution in [0.4, 0.5) is 0 Å². The second-order valence-electron chi connectivity index (χ2n) is 7.03. The smallest absolute Gasteiger partial charge is 0.227 e. The highest BCUT2D eigenvalue weighted by atomic mass is 32.2. The third-order valence-electron chi connectivity index (χ3n) is 5.42. The molecule has 0 unspecified atom stereocenters. The molecule has 0 aromatic heterocycles. The molecule has 3 fully saturated rings. The Labute approximate surface area is 131 Å². The maximum absolute atomic E-state index is 12.6. The van der Waals surface area contributed by atoms with Gasteiger partial charge in [0.2, 0.25) is 11.8 Å². The molecule has 22 heavy (non-hydrogen) atoms. The summed E-state index contributed by atoms with van der Waals surface area (Å²) in [4.78, 5) is 28.2. The molecule has 3 rings (SSSR count). The van der Waals surface area contributed by atoms with E-state index in [2.05, 4.69) is 6.92 Å². The zero-order chi connectivity index (χ0) is 16.1. The molecule has 2 aliphatic heterocycles. The highest BCUT2D eigenvalue weighted by molar-refractivity contribution is 7.91. The fourth-order valence-corrected chi connectivity index (χ4v) is 5.39. The minimum Gasteiger partial charge on any atom is -0.342 e. The zero-order valence-electron chi connectivity index (χ0n) is 13.2. The molecule has 6 nitrogen and oxygen atoms in total. The summed E-state index contributed by atoms with van der Waals surface area (Å²) in [7, 11) is -1.20. The van der Waals surface area contributed by atoms with Crippen molar-refractivity contribution in [3.8, 4) is 0 Å². The molecule has 7 heteroatoms. The molecule has 124 valence electrons. The van der Waals surface area contributed by atoms with Crippen molar-refractivity contribution in [1.82, 2.24) is 9.80 Å². The topological polar surface area (TPSA) is 74.8 Å². The van der Waals surface area contributed by atoms with Gasteiger partial charge in [0.25, 0.3) is 0 Å². The molecule has 0 aromatic rings. The van der Waals surface area contributed by atoms with Gasteiger partial charge >= 0.3 is 0 Å². The lowest BCUT2D eigenvalue weighted by Gasteiger charge is -2.28. The molecule has 3 atom stereocenters. The van der Waals surface area contributed by atoms with Gasteiger partial charge in [0.1, 0.15) is 0 Å². The van der Waals surface area contributed by atoms with Gasteiger partial charge < -0.3 is 9.80 Å². The number of rotatable bonds is 4. The van der Waals surface area contributed by atoms with Crippen LogP contribution in [0.3, 0.4) is 0 Å². The Balaban J connectivity index is 1.62. The molecular weight excluding hydrogens is 304 g/mol. The molecule has 0 radical (unpaired) electrons. The van der Waals surface area contributed by atoms with E-state index in [-0.39, 0.29) is 47.7 Å². The van der Waals surface area contributed by atoms with Gasteiger partial charge in [-0.3, -0.25) is 9.59 Å². The number of likely N-dealkylation sites (tertiary alicyclic amines) is 1. The Morgan fingerprint density at radius 3 is 2.55 bits per heavy atom. The van der Waals surface area contributed by atoms with Gasteiger partial charge in [0.05, 0.1) is 17.4 Å². The normalized spacial score (nSPS) is 32.3. The lowest BCUT2D eigenvalue weighted by atomic mass is 10.1. The molecule has 0 N–H and O–H groups in total. The summed E-state index contributed by atoms with van der Waals surface area (Å²) >= 11 is 0. The van der Waals surface area contributed by atoms with Gasteiger partial charge in [-0.1, -0.05) is 0 Å². The average Bonchev–Trinajstić information content (AvgIpc) is 3.15. The van der Waals surface area contributed by atoms with Gasteiger partial charge in [0.15, 0.2) is 9.84 Å². The summed E-state index contributed by atoms with van der Waals surface area (Å²) in [6.45, 7) is 2.44. The number of hydrogen-bond acceptors (Lipinski definition) is 4. The number of sulfone groups is 1. The maximum Gasteiger partial charge on any atom is 0.227 e. The minimum atomic E-state index is -3.02. The lowest BCUT2D eigenvalue weighted by Crippen LogP contribution is -2.42. The standard InChI is InChI=1S/C15H24N2O4S/c1-10(11-3-4-11)16(2)15(19)12-7-14(18)17(8-12)13-5-6-22(20,21)9-13/h10-13H,3-9H2,1-2H3/t10-,12+,13+/m1/s1. The Morgan fingerprint density at radius 2 is 2.00 bits per heavy atom. The monoisotopic (exact) mass is 328 g/mol. The van der Waals surface area contributed by atoms with E-state index in [1.165, 1.54) is 12.8 Å². The highest BCUT2D eigenvalue weighted by Crippen LogP contribution is 2.36. The molecule has 0 bridgehead atoms. The molecule has 0 aromatic carbocycles. The Morgan fingerprint density at radius 1 is 1.32 bits per heavy atom. The number of nitrogens with zero attached hydrogens (tertiary/aromatic N) is 2. The van der Waals surface area contributed by atoms with Gasteiger partial charge in [0, 0.05) is 32.1 Å². The Bertz CT molecular complexity index is 584. The van der Waals surface area contributed by atoms with Crippen molar-refractivity contribution in [2.24, 2.45) is 11.8 Å². The average molecular weight is 328 g/mol. The van der Waals surface area contributed by atoms with E-state index in [0.29, 0.717) is 18.9 Å². The second kappa shape index (κ2) is 5.51. The van der Waals surface area contributed by atoms with Crippen LogP contribution in [0.2, 0.25) is 0 Å². The maximum atomic E-state index is 12.6. The molecule has 2 amide bonds. The SMILES string of the molecule is C[C@H](C1CC1)N(C)C(=O)[C@H]1CC(=O)N([C@H]2CCS(=O)(=O)C2)C1. The molecule has 3 aliphatic rings. The van der Waals surface area contributed by atoms with Crippen LogP contribution >= 0.6 is 0 Å². The first-order valence-electron chi connectivity index (χ1n) is 8.05. The highest BCUT2D eigenvalue weighted by Gasteiger charge is 2.43. The van der Waals surface area contributed by atoms with E-state index in [1.54, 1.807) is 9.80 Å². The summed E-state index contributed by atoms with van der Waals surface area (Å²) < 4.78 is 23.2. The van der Waals surface area contributed by atoms with Crippen LogP contribution in [0.5, 0.6) is 0 Å². The van der Waals surface area contributed by atoms with E-state index in [9.17, 15) is 18.0 Å². The van der Waals surface area contributed by atoms with E-state index in [0.717, 1.165) is 0 Å². The fourth-order valence-electron chi connectivity index (χ4n) is 3.65. The number of carbonyl (C=O) groups excluding carboxylic acids is 2. The number of hydrogen-bond donors (Lipinski definition) is 0. The fraction of sp³-hybridized carbons (Fsp3) is 0.867. The van der Waals surface area contributed by atoms with Crippen molar-refractivity contribution < 1.29 is 18.0 Å². The van der Waals surface area contributed by atoms with Gasteiger partial charge in [-0.25, -0.2) is 8.42 Å². The predicted molar refractivity (Wildman–Crippen MR) is 81.8 cm³/mol. The zero-order valence-corrected chi connectivity index (χ0v) is 14.0. The molecule has 2 saturated heterocycles. The van der Waals surface area contributed by atoms with Gasteiger partial charge in [-0.15, -0.1) is 0 Å². The van der Waals surface area contributed by atoms with Crippen LogP contribution < -0.4 is 0 Å². The summed E-state index contributed by atoms with van der Waals surface area (Å²) in [5, 5.41) is 0. The van der Waals surface area contributed by atoms with E-state index < -0.39 is 9.84 Å². The lowest BCUT2D eigenvalue weighted by molar-refractivity contribution is -0.136. The van der Waals surface area contributed by atoms with Crippen LogP contribution in [0.1, 0.15) is 32.6 Å². The summed E-state index contributed by atoms with van der Waals surface area (Å²) in [6, 6.07) is -0.00929. The predicted octanol–water partition coefficient (Wildman–Crippen LogP) is 0.279. The van der Waals surface area contributed by atoms with Crippen LogP contribution in [0.15, 0.2) is 0 Å². The van der Waals surface area contributed by atoms with Crippen molar-refractivity contribution >= 4 is 21.7 Å². The first-order valence-corrected chi connectivity index (χ1v) is 9.87. The number of amides is 2. The van der Waals surface area contributed by atoms with Crippen molar-refractivity contribution in [3.05, 3.63) is 0 Å². The van der Waals surface area contributed by atoms with E-state index in [4.69, 9.17) is 0 Å². The number of carbonyl (C=O) groups is 2. The molecule has 0 spiro atoms. The summed E-state index contributed by atoms with van der Waals surface area (Å²) in [5.74, 6) is 0.431. The third-order valence-corrected chi connectivity index (χ3v) is 7.17. The first kappa shape index (κ1) is 15.8. The van der Waals surface area contributed by atoms with E-state index in [1.807, 2.05) is 7.05 Å². The third kappa shape index (κ3) is 3.00. The summed E-state index contributed by atoms with van der Waals surface area (Å²) in [5.41, 5.74) is 0. The molecule has 1 aliphatic carbocycles. The van der Waals surface area contributed by atoms with Crippen molar-refractivity contribution in [3.63, 3.8) is 0 Å². The van der Waals surface area contributed by atoms with Crippen LogP contribution in [-0.4, -0.2) is 67.2 Å². The summed E-state index contributed by atoms with van der Waals surface area (Å²) in [6.07, 6.45) is 3.07. The first-order chi connectivity index (χ1) is 10.3. The molecular formula is C15H24N2O4S. The van der Waals surface area contributed by atoms with Crippen molar-refractivity contribution in [1.29, 1.82) is 0 Å². The Hall–Kier alpha value is -1.11. The van der Waals surface area contributed by atoms with Crippen LogP contribution in [0, 0.1) is 11.8 Å². The Kier molecular flexibility index (Phi) is 3.95. The van der Waals surface area contributed by atoms with Gasteiger partial charge in [-0.05, 0) is 32.1 Å². The largest absolute Gasteiger partial charge is 0.342 e. The quantitative estimate of drug-likeness (QED) is 0.743. The second-order valence-corrected chi connectivity index (χ2v) is 9.26. The van der Waals surface area contributed by atoms with Crippen LogP contribution in [-0.2, 0) is 19.4 Å². The van der Waals surface area contributed by atoms with Crippen molar-refractivity contribution in [2.75, 3.05) is 25.1 Å². The molecule has 2 heterocycles. The molecule has 1 saturated carbocycles. The van der Waals surface area contributed by atoms with E-state index >= 15 is 0 Å². The van der Waals surface area contributed by atoms with Crippen molar-refractivity contribution in [2.45, 2.75) is 44.7 Å². The van der Waals surface area contributed by atoms with Gasteiger partial charge in [-0.2, -0.15) is 0 Å². The minimum absolute atomic E-state index is 0.0242.